The molecule has 0 aliphatic carbocycles. The standard InChI is InChI=1S/C9H11NO4/c1-5-8(11)7(4-14-2)6(3-10-5)9(12)13/h3,11H,4H2,1-2H3,(H,12,13). The Bertz CT molecular complexity index is 362. The normalized spacial score (nSPS) is 10.1. The van der Waals surface area contributed by atoms with Crippen LogP contribution in [0.5, 0.6) is 5.75 Å². The number of hydrogen-bond acceptors (Lipinski definition) is 4. The SMILES string of the molecule is COCc1c(C(=O)O)cnc(C)c1O. The van der Waals surface area contributed by atoms with E-state index in [0.29, 0.717) is 5.69 Å². The van der Waals surface area contributed by atoms with Gasteiger partial charge in [0.15, 0.2) is 0 Å². The van der Waals surface area contributed by atoms with Crippen molar-refractivity contribution in [3.63, 3.8) is 0 Å². The molecule has 1 aromatic heterocycles. The maximum absolute atomic E-state index is 10.8. The van der Waals surface area contributed by atoms with E-state index in [1.807, 2.05) is 0 Å². The third kappa shape index (κ3) is 1.82. The van der Waals surface area contributed by atoms with E-state index in [-0.39, 0.29) is 23.5 Å². The predicted molar refractivity (Wildman–Crippen MR) is 48.3 cm³/mol. The van der Waals surface area contributed by atoms with E-state index < -0.39 is 5.97 Å². The Labute approximate surface area is 81.0 Å². The zero-order chi connectivity index (χ0) is 10.7. The van der Waals surface area contributed by atoms with Crippen molar-refractivity contribution < 1.29 is 19.7 Å². The minimum Gasteiger partial charge on any atom is -0.506 e. The van der Waals surface area contributed by atoms with Crippen molar-refractivity contribution in [2.45, 2.75) is 13.5 Å². The lowest BCUT2D eigenvalue weighted by Crippen LogP contribution is -2.06. The first kappa shape index (κ1) is 10.5. The Morgan fingerprint density at radius 1 is 1.64 bits per heavy atom. The van der Waals surface area contributed by atoms with Gasteiger partial charge in [-0.2, -0.15) is 0 Å². The molecule has 0 spiro atoms. The zero-order valence-electron chi connectivity index (χ0n) is 7.94. The quantitative estimate of drug-likeness (QED) is 0.753. The molecule has 0 saturated heterocycles. The van der Waals surface area contributed by atoms with E-state index in [1.54, 1.807) is 6.92 Å². The molecular formula is C9H11NO4. The molecule has 1 aromatic rings. The number of aromatic hydroxyl groups is 1. The lowest BCUT2D eigenvalue weighted by Gasteiger charge is -2.08. The van der Waals surface area contributed by atoms with E-state index in [0.717, 1.165) is 0 Å². The smallest absolute Gasteiger partial charge is 0.337 e. The molecule has 2 N–H and O–H groups in total. The van der Waals surface area contributed by atoms with Gasteiger partial charge in [-0.3, -0.25) is 4.98 Å². The molecule has 14 heavy (non-hydrogen) atoms. The highest BCUT2D eigenvalue weighted by Crippen LogP contribution is 2.24. The van der Waals surface area contributed by atoms with Crippen LogP contribution in [0.1, 0.15) is 21.6 Å². The van der Waals surface area contributed by atoms with Gasteiger partial charge in [0.05, 0.1) is 17.9 Å². The van der Waals surface area contributed by atoms with Crippen molar-refractivity contribution in [2.24, 2.45) is 0 Å². The Kier molecular flexibility index (Phi) is 3.03. The van der Waals surface area contributed by atoms with Gasteiger partial charge in [0.1, 0.15) is 5.75 Å². The van der Waals surface area contributed by atoms with Crippen LogP contribution in [0, 0.1) is 6.92 Å². The Morgan fingerprint density at radius 2 is 2.29 bits per heavy atom. The molecule has 5 heteroatoms. The van der Waals surface area contributed by atoms with Crippen LogP contribution in [0.15, 0.2) is 6.20 Å². The molecule has 1 heterocycles. The van der Waals surface area contributed by atoms with Crippen LogP contribution in [-0.4, -0.2) is 28.3 Å². The number of carbonyl (C=O) groups is 1. The fourth-order valence-electron chi connectivity index (χ4n) is 1.12. The largest absolute Gasteiger partial charge is 0.506 e. The molecule has 0 aliphatic rings. The Balaban J connectivity index is 3.29. The van der Waals surface area contributed by atoms with Gasteiger partial charge in [0, 0.05) is 18.9 Å². The van der Waals surface area contributed by atoms with Gasteiger partial charge in [-0.1, -0.05) is 0 Å². The lowest BCUT2D eigenvalue weighted by atomic mass is 10.1. The third-order valence-corrected chi connectivity index (χ3v) is 1.86. The molecule has 0 unspecified atom stereocenters. The van der Waals surface area contributed by atoms with Crippen molar-refractivity contribution in [3.05, 3.63) is 23.0 Å². The first-order chi connectivity index (χ1) is 6.57. The summed E-state index contributed by atoms with van der Waals surface area (Å²) in [5, 5.41) is 18.4. The second-order valence-corrected chi connectivity index (χ2v) is 2.82. The van der Waals surface area contributed by atoms with Crippen LogP contribution >= 0.6 is 0 Å². The average molecular weight is 197 g/mol. The van der Waals surface area contributed by atoms with E-state index in [1.165, 1.54) is 13.3 Å². The molecule has 5 nitrogen and oxygen atoms in total. The number of pyridine rings is 1. The highest BCUT2D eigenvalue weighted by Gasteiger charge is 2.16. The summed E-state index contributed by atoms with van der Waals surface area (Å²) in [5.74, 6) is -1.24. The third-order valence-electron chi connectivity index (χ3n) is 1.86. The predicted octanol–water partition coefficient (Wildman–Crippen LogP) is 0.940. The first-order valence-electron chi connectivity index (χ1n) is 3.97. The number of rotatable bonds is 3. The maximum Gasteiger partial charge on any atom is 0.337 e. The maximum atomic E-state index is 10.8. The summed E-state index contributed by atoms with van der Waals surface area (Å²) in [6.07, 6.45) is 1.21. The number of aromatic nitrogens is 1. The van der Waals surface area contributed by atoms with E-state index >= 15 is 0 Å². The molecule has 0 bridgehead atoms. The second kappa shape index (κ2) is 4.06. The summed E-state index contributed by atoms with van der Waals surface area (Å²) in [6.45, 7) is 1.65. The number of aryl methyl sites for hydroxylation is 1. The summed E-state index contributed by atoms with van der Waals surface area (Å²) in [6, 6.07) is 0. The van der Waals surface area contributed by atoms with Gasteiger partial charge in [0.25, 0.3) is 0 Å². The summed E-state index contributed by atoms with van der Waals surface area (Å²) in [7, 11) is 1.43. The molecule has 0 amide bonds. The number of hydrogen-bond donors (Lipinski definition) is 2. The van der Waals surface area contributed by atoms with E-state index in [9.17, 15) is 9.90 Å². The van der Waals surface area contributed by atoms with Crippen LogP contribution in [0.2, 0.25) is 0 Å². The van der Waals surface area contributed by atoms with Crippen LogP contribution in [-0.2, 0) is 11.3 Å². The first-order valence-corrected chi connectivity index (χ1v) is 3.97. The second-order valence-electron chi connectivity index (χ2n) is 2.82. The number of carboxylic acid groups (broad SMARTS) is 1. The summed E-state index contributed by atoms with van der Waals surface area (Å²) < 4.78 is 4.80. The lowest BCUT2D eigenvalue weighted by molar-refractivity contribution is 0.0690. The average Bonchev–Trinajstić information content (AvgIpc) is 2.13. The van der Waals surface area contributed by atoms with E-state index in [2.05, 4.69) is 4.98 Å². The number of methoxy groups -OCH3 is 1. The van der Waals surface area contributed by atoms with Gasteiger partial charge in [-0.15, -0.1) is 0 Å². The molecule has 1 rings (SSSR count). The minimum atomic E-state index is -1.13. The molecule has 0 saturated carbocycles. The van der Waals surface area contributed by atoms with Crippen LogP contribution < -0.4 is 0 Å². The van der Waals surface area contributed by atoms with E-state index in [4.69, 9.17) is 9.84 Å². The monoisotopic (exact) mass is 197 g/mol. The van der Waals surface area contributed by atoms with Gasteiger partial charge >= 0.3 is 5.97 Å². The molecule has 0 fully saturated rings. The summed E-state index contributed by atoms with van der Waals surface area (Å²) in [5.41, 5.74) is 0.615. The minimum absolute atomic E-state index is 0.0325. The van der Waals surface area contributed by atoms with Gasteiger partial charge in [-0.25, -0.2) is 4.79 Å². The van der Waals surface area contributed by atoms with Crippen LogP contribution in [0.3, 0.4) is 0 Å². The van der Waals surface area contributed by atoms with Crippen molar-refractivity contribution in [2.75, 3.05) is 7.11 Å². The summed E-state index contributed by atoms with van der Waals surface area (Å²) >= 11 is 0. The summed E-state index contributed by atoms with van der Waals surface area (Å²) in [4.78, 5) is 14.5. The van der Waals surface area contributed by atoms with Crippen LogP contribution in [0.4, 0.5) is 0 Å². The van der Waals surface area contributed by atoms with Crippen molar-refractivity contribution in [3.8, 4) is 5.75 Å². The highest BCUT2D eigenvalue weighted by atomic mass is 16.5. The number of ether oxygens (including phenoxy) is 1. The topological polar surface area (TPSA) is 79.7 Å². The number of aromatic carboxylic acids is 1. The molecule has 0 aromatic carbocycles. The molecule has 0 radical (unpaired) electrons. The number of carboxylic acids is 1. The molecular weight excluding hydrogens is 186 g/mol. The fourth-order valence-corrected chi connectivity index (χ4v) is 1.12. The van der Waals surface area contributed by atoms with Crippen molar-refractivity contribution in [1.29, 1.82) is 0 Å². The molecule has 0 aliphatic heterocycles. The molecule has 0 atom stereocenters. The van der Waals surface area contributed by atoms with Crippen LogP contribution in [0.25, 0.3) is 0 Å². The van der Waals surface area contributed by atoms with Gasteiger partial charge < -0.3 is 14.9 Å². The fraction of sp³-hybridized carbons (Fsp3) is 0.333. The highest BCUT2D eigenvalue weighted by molar-refractivity contribution is 5.89. The van der Waals surface area contributed by atoms with Gasteiger partial charge in [0.2, 0.25) is 0 Å². The Hall–Kier alpha value is -1.62. The Morgan fingerprint density at radius 3 is 2.79 bits per heavy atom. The van der Waals surface area contributed by atoms with Gasteiger partial charge in [-0.05, 0) is 6.92 Å². The number of nitrogens with zero attached hydrogens (tertiary/aromatic N) is 1. The zero-order valence-corrected chi connectivity index (χ0v) is 7.94. The van der Waals surface area contributed by atoms with Crippen molar-refractivity contribution in [1.82, 2.24) is 4.98 Å². The molecule has 76 valence electrons. The van der Waals surface area contributed by atoms with Crippen molar-refractivity contribution >= 4 is 5.97 Å².